The van der Waals surface area contributed by atoms with Gasteiger partial charge in [-0.3, -0.25) is 4.79 Å². The number of hydrogen-bond donors (Lipinski definition) is 1. The first kappa shape index (κ1) is 22.5. The highest BCUT2D eigenvalue weighted by molar-refractivity contribution is 6.30. The molecule has 1 atom stereocenters. The SMILES string of the molecule is COc1ccc(OCc2nnc(C3(C)C=C(NC(=O)COc4ccc(Cl)c(F)c4)C3)o2)cn1. The summed E-state index contributed by atoms with van der Waals surface area (Å²) in [5.41, 5.74) is 0.198. The predicted molar refractivity (Wildman–Crippen MR) is 115 cm³/mol. The first-order valence-electron chi connectivity index (χ1n) is 9.90. The molecule has 0 spiro atoms. The van der Waals surface area contributed by atoms with Crippen molar-refractivity contribution in [2.45, 2.75) is 25.4 Å². The molecule has 11 heteroatoms. The summed E-state index contributed by atoms with van der Waals surface area (Å²) >= 11 is 5.62. The summed E-state index contributed by atoms with van der Waals surface area (Å²) in [6.07, 6.45) is 3.87. The molecule has 2 aromatic heterocycles. The van der Waals surface area contributed by atoms with Crippen LogP contribution >= 0.6 is 11.6 Å². The van der Waals surface area contributed by atoms with E-state index in [4.69, 9.17) is 30.2 Å². The van der Waals surface area contributed by atoms with Crippen molar-refractivity contribution in [3.8, 4) is 17.4 Å². The van der Waals surface area contributed by atoms with Crippen molar-refractivity contribution in [3.63, 3.8) is 0 Å². The molecular formula is C22H20ClFN4O5. The standard InChI is InChI=1S/C22H20ClFN4O5/c1-22(21-28-27-20(33-21)12-32-15-4-6-19(30-2)25-10-15)8-13(9-22)26-18(29)11-31-14-3-5-16(23)17(24)7-14/h3-8,10H,9,11-12H2,1-2H3,(H,26,29). The summed E-state index contributed by atoms with van der Waals surface area (Å²) in [5, 5.41) is 10.8. The van der Waals surface area contributed by atoms with E-state index in [-0.39, 0.29) is 29.9 Å². The maximum absolute atomic E-state index is 13.4. The molecule has 1 N–H and O–H groups in total. The Morgan fingerprint density at radius 1 is 1.24 bits per heavy atom. The molecule has 4 rings (SSSR count). The number of allylic oxidation sites excluding steroid dienone is 2. The van der Waals surface area contributed by atoms with Gasteiger partial charge in [-0.1, -0.05) is 11.6 Å². The average molecular weight is 475 g/mol. The minimum atomic E-state index is -0.614. The third-order valence-corrected chi connectivity index (χ3v) is 5.15. The fourth-order valence-corrected chi connectivity index (χ4v) is 3.28. The second-order valence-electron chi connectivity index (χ2n) is 7.50. The number of halogens is 2. The molecule has 0 fully saturated rings. The first-order chi connectivity index (χ1) is 15.8. The number of amides is 1. The minimum Gasteiger partial charge on any atom is -0.484 e. The second kappa shape index (κ2) is 9.45. The van der Waals surface area contributed by atoms with Gasteiger partial charge in [-0.2, -0.15) is 0 Å². The van der Waals surface area contributed by atoms with Gasteiger partial charge < -0.3 is 23.9 Å². The molecule has 0 saturated heterocycles. The molecule has 3 aromatic rings. The van der Waals surface area contributed by atoms with Crippen LogP contribution in [0.25, 0.3) is 0 Å². The minimum absolute atomic E-state index is 0.0146. The van der Waals surface area contributed by atoms with Crippen LogP contribution in [0, 0.1) is 5.82 Å². The maximum atomic E-state index is 13.4. The number of nitrogens with one attached hydrogen (secondary N) is 1. The van der Waals surface area contributed by atoms with Crippen LogP contribution in [0.1, 0.15) is 25.1 Å². The number of nitrogens with zero attached hydrogens (tertiary/aromatic N) is 3. The molecule has 0 radical (unpaired) electrons. The van der Waals surface area contributed by atoms with Crippen LogP contribution in [0.4, 0.5) is 4.39 Å². The lowest BCUT2D eigenvalue weighted by Crippen LogP contribution is -2.39. The van der Waals surface area contributed by atoms with Gasteiger partial charge in [-0.15, -0.1) is 10.2 Å². The van der Waals surface area contributed by atoms with Crippen molar-refractivity contribution >= 4 is 17.5 Å². The van der Waals surface area contributed by atoms with Crippen LogP contribution in [0.2, 0.25) is 5.02 Å². The number of pyridine rings is 1. The molecule has 33 heavy (non-hydrogen) atoms. The molecule has 1 aliphatic carbocycles. The third kappa shape index (κ3) is 5.40. The fourth-order valence-electron chi connectivity index (χ4n) is 3.16. The lowest BCUT2D eigenvalue weighted by Gasteiger charge is -2.33. The summed E-state index contributed by atoms with van der Waals surface area (Å²) in [6, 6.07) is 7.38. The second-order valence-corrected chi connectivity index (χ2v) is 7.91. The fraction of sp³-hybridized carbons (Fsp3) is 0.273. The molecule has 9 nitrogen and oxygen atoms in total. The van der Waals surface area contributed by atoms with Crippen LogP contribution in [0.5, 0.6) is 17.4 Å². The Balaban J connectivity index is 1.27. The normalized spacial score (nSPS) is 17.0. The van der Waals surface area contributed by atoms with E-state index in [1.165, 1.54) is 25.4 Å². The monoisotopic (exact) mass is 474 g/mol. The number of carbonyl (C=O) groups excluding carboxylic acids is 1. The van der Waals surface area contributed by atoms with Gasteiger partial charge in [0.1, 0.15) is 17.3 Å². The lowest BCUT2D eigenvalue weighted by molar-refractivity contribution is -0.122. The van der Waals surface area contributed by atoms with E-state index in [2.05, 4.69) is 20.5 Å². The first-order valence-corrected chi connectivity index (χ1v) is 10.3. The number of benzene rings is 1. The Morgan fingerprint density at radius 3 is 2.73 bits per heavy atom. The zero-order valence-electron chi connectivity index (χ0n) is 17.8. The van der Waals surface area contributed by atoms with Gasteiger partial charge in [0.25, 0.3) is 11.8 Å². The Morgan fingerprint density at radius 2 is 2.03 bits per heavy atom. The average Bonchev–Trinajstić information content (AvgIpc) is 3.27. The Hall–Kier alpha value is -3.66. The molecule has 1 aliphatic rings. The summed E-state index contributed by atoms with van der Waals surface area (Å²) in [5.74, 6) is 0.990. The molecule has 2 heterocycles. The molecule has 0 saturated carbocycles. The van der Waals surface area contributed by atoms with Crippen molar-refractivity contribution in [2.24, 2.45) is 0 Å². The zero-order chi connectivity index (χ0) is 23.4. The summed E-state index contributed by atoms with van der Waals surface area (Å²) in [6.45, 7) is 1.74. The van der Waals surface area contributed by atoms with E-state index in [1.807, 2.05) is 13.0 Å². The summed E-state index contributed by atoms with van der Waals surface area (Å²) in [4.78, 5) is 16.2. The van der Waals surface area contributed by atoms with Crippen LogP contribution in [-0.2, 0) is 16.8 Å². The quantitative estimate of drug-likeness (QED) is 0.501. The smallest absolute Gasteiger partial charge is 0.262 e. The van der Waals surface area contributed by atoms with Crippen molar-refractivity contribution in [1.29, 1.82) is 0 Å². The molecule has 1 amide bonds. The summed E-state index contributed by atoms with van der Waals surface area (Å²) in [7, 11) is 1.53. The molecule has 1 aromatic carbocycles. The van der Waals surface area contributed by atoms with Gasteiger partial charge in [-0.05, 0) is 31.2 Å². The van der Waals surface area contributed by atoms with Gasteiger partial charge in [0.15, 0.2) is 13.2 Å². The predicted octanol–water partition coefficient (Wildman–Crippen LogP) is 3.59. The van der Waals surface area contributed by atoms with Gasteiger partial charge in [-0.25, -0.2) is 9.37 Å². The Labute approximate surface area is 193 Å². The van der Waals surface area contributed by atoms with Crippen LogP contribution in [0.15, 0.2) is 52.7 Å². The van der Waals surface area contributed by atoms with Gasteiger partial charge >= 0.3 is 0 Å². The lowest BCUT2D eigenvalue weighted by atomic mass is 9.75. The number of carbonyl (C=O) groups is 1. The highest BCUT2D eigenvalue weighted by atomic mass is 35.5. The van der Waals surface area contributed by atoms with Crippen molar-refractivity contribution < 1.29 is 27.8 Å². The number of ether oxygens (including phenoxy) is 3. The van der Waals surface area contributed by atoms with E-state index in [1.54, 1.807) is 12.1 Å². The number of methoxy groups -OCH3 is 1. The van der Waals surface area contributed by atoms with Gasteiger partial charge in [0.2, 0.25) is 11.8 Å². The Bertz CT molecular complexity index is 1180. The highest BCUT2D eigenvalue weighted by Gasteiger charge is 2.39. The van der Waals surface area contributed by atoms with E-state index in [0.717, 1.165) is 6.07 Å². The van der Waals surface area contributed by atoms with Gasteiger partial charge in [0.05, 0.1) is 23.7 Å². The number of hydrogen-bond acceptors (Lipinski definition) is 8. The van der Waals surface area contributed by atoms with Crippen molar-refractivity contribution in [1.82, 2.24) is 20.5 Å². The number of aromatic nitrogens is 3. The zero-order valence-corrected chi connectivity index (χ0v) is 18.6. The van der Waals surface area contributed by atoms with Crippen molar-refractivity contribution in [2.75, 3.05) is 13.7 Å². The van der Waals surface area contributed by atoms with E-state index < -0.39 is 11.2 Å². The molecule has 0 bridgehead atoms. The van der Waals surface area contributed by atoms with E-state index in [9.17, 15) is 9.18 Å². The van der Waals surface area contributed by atoms with Crippen molar-refractivity contribution in [3.05, 3.63) is 70.9 Å². The highest BCUT2D eigenvalue weighted by Crippen LogP contribution is 2.39. The third-order valence-electron chi connectivity index (χ3n) is 4.85. The van der Waals surface area contributed by atoms with E-state index in [0.29, 0.717) is 35.5 Å². The Kier molecular flexibility index (Phi) is 6.45. The maximum Gasteiger partial charge on any atom is 0.262 e. The molecule has 172 valence electrons. The molecular weight excluding hydrogens is 455 g/mol. The molecule has 1 unspecified atom stereocenters. The van der Waals surface area contributed by atoms with Crippen LogP contribution in [0.3, 0.4) is 0 Å². The summed E-state index contributed by atoms with van der Waals surface area (Å²) < 4.78 is 35.0. The van der Waals surface area contributed by atoms with E-state index >= 15 is 0 Å². The van der Waals surface area contributed by atoms with Crippen LogP contribution in [-0.4, -0.2) is 34.8 Å². The molecule has 0 aliphatic heterocycles. The number of rotatable bonds is 9. The topological polar surface area (TPSA) is 109 Å². The largest absolute Gasteiger partial charge is 0.484 e. The van der Waals surface area contributed by atoms with Gasteiger partial charge in [0, 0.05) is 24.3 Å². The van der Waals surface area contributed by atoms with Crippen LogP contribution < -0.4 is 19.5 Å².